The molecule has 23 heavy (non-hydrogen) atoms. The Hall–Kier alpha value is -2.12. The molecule has 0 saturated carbocycles. The van der Waals surface area contributed by atoms with Gasteiger partial charge in [0.25, 0.3) is 11.8 Å². The van der Waals surface area contributed by atoms with Crippen molar-refractivity contribution in [1.29, 1.82) is 0 Å². The Morgan fingerprint density at radius 1 is 1.13 bits per heavy atom. The normalized spacial score (nSPS) is 10.3. The number of nitrogens with one attached hydrogen (secondary N) is 2. The van der Waals surface area contributed by atoms with Crippen LogP contribution in [-0.4, -0.2) is 24.9 Å². The monoisotopic (exact) mass is 379 g/mol. The number of carbonyl (C=O) groups is 2. The zero-order chi connectivity index (χ0) is 16.7. The maximum atomic E-state index is 12.0. The van der Waals surface area contributed by atoms with Gasteiger partial charge in [-0.1, -0.05) is 6.07 Å². The van der Waals surface area contributed by atoms with Gasteiger partial charge in [0.2, 0.25) is 0 Å². The molecule has 0 unspecified atom stereocenters. The maximum Gasteiger partial charge on any atom is 0.291 e. The molecular weight excluding hydrogens is 362 g/mol. The third kappa shape index (κ3) is 5.22. The number of furan rings is 1. The largest absolute Gasteiger partial charge is 0.444 e. The number of nitrogens with two attached hydrogens (primary N) is 1. The van der Waals surface area contributed by atoms with Crippen LogP contribution in [-0.2, 0) is 0 Å². The molecule has 7 heteroatoms. The van der Waals surface area contributed by atoms with Crippen molar-refractivity contribution < 1.29 is 14.0 Å². The van der Waals surface area contributed by atoms with Gasteiger partial charge in [0, 0.05) is 17.8 Å². The van der Waals surface area contributed by atoms with E-state index >= 15 is 0 Å². The van der Waals surface area contributed by atoms with Gasteiger partial charge in [-0.2, -0.15) is 0 Å². The van der Waals surface area contributed by atoms with E-state index in [1.165, 1.54) is 0 Å². The molecule has 0 spiro atoms. The van der Waals surface area contributed by atoms with Crippen molar-refractivity contribution >= 4 is 33.4 Å². The molecule has 1 aromatic carbocycles. The quantitative estimate of drug-likeness (QED) is 0.644. The number of amides is 2. The van der Waals surface area contributed by atoms with Gasteiger partial charge in [0.15, 0.2) is 10.4 Å². The molecule has 1 heterocycles. The molecular formula is C16H18BrN3O3. The van der Waals surface area contributed by atoms with Gasteiger partial charge in [0.1, 0.15) is 0 Å². The summed E-state index contributed by atoms with van der Waals surface area (Å²) in [4.78, 5) is 24.1. The van der Waals surface area contributed by atoms with Crippen LogP contribution in [0.1, 0.15) is 33.8 Å². The van der Waals surface area contributed by atoms with Gasteiger partial charge in [-0.05, 0) is 65.6 Å². The third-order valence-electron chi connectivity index (χ3n) is 3.10. The van der Waals surface area contributed by atoms with Crippen molar-refractivity contribution in [3.05, 3.63) is 52.4 Å². The number of unbranched alkanes of at least 4 members (excludes halogenated alkanes) is 1. The highest BCUT2D eigenvalue weighted by Crippen LogP contribution is 2.17. The standard InChI is InChI=1S/C16H18BrN3O3/c17-14-7-6-13(23-14)16(22)20-12-5-3-4-11(10-12)15(21)19-9-2-1-8-18/h3-7,10H,1-2,8-9,18H2,(H,19,21)(H,20,22). The molecule has 2 aromatic rings. The average molecular weight is 380 g/mol. The first kappa shape index (κ1) is 17.2. The van der Waals surface area contributed by atoms with Crippen LogP contribution in [0.25, 0.3) is 0 Å². The first-order chi connectivity index (χ1) is 11.1. The summed E-state index contributed by atoms with van der Waals surface area (Å²) in [7, 11) is 0. The van der Waals surface area contributed by atoms with Crippen molar-refractivity contribution in [2.24, 2.45) is 5.73 Å². The molecule has 0 aliphatic heterocycles. The Morgan fingerprint density at radius 2 is 1.96 bits per heavy atom. The molecule has 2 amide bonds. The van der Waals surface area contributed by atoms with E-state index in [1.54, 1.807) is 36.4 Å². The fourth-order valence-electron chi connectivity index (χ4n) is 1.94. The van der Waals surface area contributed by atoms with E-state index in [9.17, 15) is 9.59 Å². The lowest BCUT2D eigenvalue weighted by Gasteiger charge is -2.07. The van der Waals surface area contributed by atoms with E-state index < -0.39 is 0 Å². The smallest absolute Gasteiger partial charge is 0.291 e. The zero-order valence-corrected chi connectivity index (χ0v) is 14.1. The fraction of sp³-hybridized carbons (Fsp3) is 0.250. The summed E-state index contributed by atoms with van der Waals surface area (Å²) in [5.74, 6) is -0.372. The first-order valence-corrected chi connectivity index (χ1v) is 8.04. The van der Waals surface area contributed by atoms with Crippen molar-refractivity contribution in [2.45, 2.75) is 12.8 Å². The summed E-state index contributed by atoms with van der Waals surface area (Å²) in [6, 6.07) is 9.93. The van der Waals surface area contributed by atoms with Gasteiger partial charge in [0.05, 0.1) is 0 Å². The summed E-state index contributed by atoms with van der Waals surface area (Å²) < 4.78 is 5.67. The summed E-state index contributed by atoms with van der Waals surface area (Å²) in [6.45, 7) is 1.19. The molecule has 0 fully saturated rings. The second kappa shape index (κ2) is 8.50. The van der Waals surface area contributed by atoms with E-state index in [1.807, 2.05) is 0 Å². The highest BCUT2D eigenvalue weighted by atomic mass is 79.9. The summed E-state index contributed by atoms with van der Waals surface area (Å²) in [5, 5.41) is 5.51. The van der Waals surface area contributed by atoms with E-state index in [-0.39, 0.29) is 17.6 Å². The van der Waals surface area contributed by atoms with Gasteiger partial charge >= 0.3 is 0 Å². The van der Waals surface area contributed by atoms with Crippen molar-refractivity contribution in [3.8, 4) is 0 Å². The minimum absolute atomic E-state index is 0.182. The van der Waals surface area contributed by atoms with Gasteiger partial charge < -0.3 is 20.8 Å². The number of rotatable bonds is 7. The molecule has 1 aromatic heterocycles. The van der Waals surface area contributed by atoms with Gasteiger partial charge in [-0.3, -0.25) is 9.59 Å². The minimum atomic E-state index is -0.379. The van der Waals surface area contributed by atoms with Crippen LogP contribution in [0.3, 0.4) is 0 Å². The Bertz CT molecular complexity index is 685. The lowest BCUT2D eigenvalue weighted by molar-refractivity contribution is 0.0951. The predicted octanol–water partition coefficient (Wildman–Crippen LogP) is 2.76. The topological polar surface area (TPSA) is 97.4 Å². The number of benzene rings is 1. The molecule has 122 valence electrons. The van der Waals surface area contributed by atoms with Crippen molar-refractivity contribution in [2.75, 3.05) is 18.4 Å². The summed E-state index contributed by atoms with van der Waals surface area (Å²) >= 11 is 3.14. The second-order valence-electron chi connectivity index (χ2n) is 4.89. The van der Waals surface area contributed by atoms with Gasteiger partial charge in [-0.15, -0.1) is 0 Å². The summed E-state index contributed by atoms with van der Waals surface area (Å²) in [6.07, 6.45) is 1.71. The second-order valence-corrected chi connectivity index (χ2v) is 5.67. The van der Waals surface area contributed by atoms with Crippen LogP contribution >= 0.6 is 15.9 Å². The van der Waals surface area contributed by atoms with Crippen LogP contribution in [0.15, 0.2) is 45.5 Å². The van der Waals surface area contributed by atoms with Crippen LogP contribution in [0.2, 0.25) is 0 Å². The average Bonchev–Trinajstić information content (AvgIpc) is 2.98. The van der Waals surface area contributed by atoms with Crippen molar-refractivity contribution in [1.82, 2.24) is 5.32 Å². The molecule has 0 radical (unpaired) electrons. The lowest BCUT2D eigenvalue weighted by Crippen LogP contribution is -2.25. The first-order valence-electron chi connectivity index (χ1n) is 7.25. The Kier molecular flexibility index (Phi) is 6.37. The van der Waals surface area contributed by atoms with E-state index in [0.717, 1.165) is 12.8 Å². The Morgan fingerprint density at radius 3 is 2.65 bits per heavy atom. The molecule has 4 N–H and O–H groups in total. The number of hydrogen-bond donors (Lipinski definition) is 3. The van der Waals surface area contributed by atoms with E-state index in [0.29, 0.717) is 29.0 Å². The molecule has 0 aliphatic rings. The van der Waals surface area contributed by atoms with E-state index in [2.05, 4.69) is 26.6 Å². The fourth-order valence-corrected chi connectivity index (χ4v) is 2.25. The molecule has 0 atom stereocenters. The van der Waals surface area contributed by atoms with Crippen LogP contribution < -0.4 is 16.4 Å². The number of hydrogen-bond acceptors (Lipinski definition) is 4. The molecule has 0 aliphatic carbocycles. The zero-order valence-electron chi connectivity index (χ0n) is 12.5. The number of carbonyl (C=O) groups excluding carboxylic acids is 2. The van der Waals surface area contributed by atoms with Crippen LogP contribution in [0, 0.1) is 0 Å². The molecule has 0 saturated heterocycles. The predicted molar refractivity (Wildman–Crippen MR) is 91.4 cm³/mol. The third-order valence-corrected chi connectivity index (χ3v) is 3.52. The number of halogens is 1. The minimum Gasteiger partial charge on any atom is -0.444 e. The Labute approximate surface area is 142 Å². The highest BCUT2D eigenvalue weighted by Gasteiger charge is 2.12. The van der Waals surface area contributed by atoms with Crippen molar-refractivity contribution in [3.63, 3.8) is 0 Å². The highest BCUT2D eigenvalue weighted by molar-refractivity contribution is 9.10. The SMILES string of the molecule is NCCCCNC(=O)c1cccc(NC(=O)c2ccc(Br)o2)c1. The van der Waals surface area contributed by atoms with Gasteiger partial charge in [-0.25, -0.2) is 0 Å². The molecule has 2 rings (SSSR count). The van der Waals surface area contributed by atoms with E-state index in [4.69, 9.17) is 10.2 Å². The Balaban J connectivity index is 1.96. The molecule has 6 nitrogen and oxygen atoms in total. The maximum absolute atomic E-state index is 12.0. The number of anilines is 1. The van der Waals surface area contributed by atoms with Crippen LogP contribution in [0.5, 0.6) is 0 Å². The summed E-state index contributed by atoms with van der Waals surface area (Å²) in [5.41, 5.74) is 6.42. The lowest BCUT2D eigenvalue weighted by atomic mass is 10.2. The molecule has 0 bridgehead atoms. The van der Waals surface area contributed by atoms with Crippen LogP contribution in [0.4, 0.5) is 5.69 Å².